The number of ether oxygens (including phenoxy) is 2. The first-order valence-corrected chi connectivity index (χ1v) is 7.85. The Morgan fingerprint density at radius 3 is 2.29 bits per heavy atom. The van der Waals surface area contributed by atoms with Crippen molar-refractivity contribution in [2.75, 3.05) is 13.2 Å². The average Bonchev–Trinajstić information content (AvgIpc) is 2.84. The standard InChI is InChI=1S/C18H19FN2O3/c19-15-5-2-13(3-6-15)11-20-18(22)21-12-14-4-7-16-17(10-14)24-9-1-8-23-16/h2-7,10H,1,8-9,11-12H2,(H2,20,21,22). The molecular formula is C18H19FN2O3. The number of carbonyl (C=O) groups is 1. The van der Waals surface area contributed by atoms with Crippen molar-refractivity contribution in [1.82, 2.24) is 10.6 Å². The Balaban J connectivity index is 1.49. The zero-order chi connectivity index (χ0) is 16.8. The second-order valence-electron chi connectivity index (χ2n) is 5.49. The molecule has 0 radical (unpaired) electrons. The van der Waals surface area contributed by atoms with E-state index >= 15 is 0 Å². The smallest absolute Gasteiger partial charge is 0.315 e. The van der Waals surface area contributed by atoms with Crippen molar-refractivity contribution >= 4 is 6.03 Å². The lowest BCUT2D eigenvalue weighted by atomic mass is 10.2. The number of nitrogens with one attached hydrogen (secondary N) is 2. The summed E-state index contributed by atoms with van der Waals surface area (Å²) in [7, 11) is 0. The van der Waals surface area contributed by atoms with E-state index in [-0.39, 0.29) is 11.8 Å². The summed E-state index contributed by atoms with van der Waals surface area (Å²) in [5.41, 5.74) is 1.76. The molecule has 126 valence electrons. The van der Waals surface area contributed by atoms with Crippen LogP contribution in [0.5, 0.6) is 11.5 Å². The molecule has 0 aromatic heterocycles. The lowest BCUT2D eigenvalue weighted by Crippen LogP contribution is -2.34. The Morgan fingerprint density at radius 2 is 1.54 bits per heavy atom. The zero-order valence-corrected chi connectivity index (χ0v) is 13.2. The molecule has 0 saturated carbocycles. The monoisotopic (exact) mass is 330 g/mol. The van der Waals surface area contributed by atoms with Crippen LogP contribution in [0.4, 0.5) is 9.18 Å². The van der Waals surface area contributed by atoms with Crippen LogP contribution < -0.4 is 20.1 Å². The van der Waals surface area contributed by atoms with Gasteiger partial charge in [0, 0.05) is 19.5 Å². The van der Waals surface area contributed by atoms with E-state index in [1.165, 1.54) is 12.1 Å². The summed E-state index contributed by atoms with van der Waals surface area (Å²) in [6, 6.07) is 11.4. The first-order chi connectivity index (χ1) is 11.7. The van der Waals surface area contributed by atoms with Crippen LogP contribution in [-0.2, 0) is 13.1 Å². The molecule has 2 aromatic carbocycles. The van der Waals surface area contributed by atoms with Gasteiger partial charge in [-0.3, -0.25) is 0 Å². The van der Waals surface area contributed by atoms with Crippen LogP contribution in [0, 0.1) is 5.82 Å². The van der Waals surface area contributed by atoms with E-state index in [2.05, 4.69) is 10.6 Å². The van der Waals surface area contributed by atoms with Crippen molar-refractivity contribution in [2.24, 2.45) is 0 Å². The molecule has 5 nitrogen and oxygen atoms in total. The number of carbonyl (C=O) groups excluding carboxylic acids is 1. The molecular weight excluding hydrogens is 311 g/mol. The predicted molar refractivity (Wildman–Crippen MR) is 87.5 cm³/mol. The van der Waals surface area contributed by atoms with Crippen molar-refractivity contribution in [3.05, 3.63) is 59.4 Å². The van der Waals surface area contributed by atoms with Crippen LogP contribution in [-0.4, -0.2) is 19.2 Å². The van der Waals surface area contributed by atoms with Gasteiger partial charge in [-0.25, -0.2) is 9.18 Å². The zero-order valence-electron chi connectivity index (χ0n) is 13.2. The van der Waals surface area contributed by atoms with Crippen LogP contribution >= 0.6 is 0 Å². The van der Waals surface area contributed by atoms with Gasteiger partial charge in [-0.1, -0.05) is 18.2 Å². The molecule has 0 bridgehead atoms. The van der Waals surface area contributed by atoms with Crippen LogP contribution in [0.1, 0.15) is 17.5 Å². The highest BCUT2D eigenvalue weighted by Crippen LogP contribution is 2.30. The molecule has 2 amide bonds. The highest BCUT2D eigenvalue weighted by molar-refractivity contribution is 5.73. The minimum atomic E-state index is -0.294. The van der Waals surface area contributed by atoms with Gasteiger partial charge < -0.3 is 20.1 Å². The second-order valence-corrected chi connectivity index (χ2v) is 5.49. The Hall–Kier alpha value is -2.76. The number of rotatable bonds is 4. The van der Waals surface area contributed by atoms with Gasteiger partial charge in [0.2, 0.25) is 0 Å². The van der Waals surface area contributed by atoms with Crippen LogP contribution in [0.25, 0.3) is 0 Å². The van der Waals surface area contributed by atoms with Gasteiger partial charge in [0.15, 0.2) is 11.5 Å². The number of hydrogen-bond donors (Lipinski definition) is 2. The van der Waals surface area contributed by atoms with Crippen molar-refractivity contribution < 1.29 is 18.7 Å². The number of urea groups is 1. The van der Waals surface area contributed by atoms with E-state index in [0.717, 1.165) is 23.3 Å². The van der Waals surface area contributed by atoms with Gasteiger partial charge in [0.05, 0.1) is 13.2 Å². The van der Waals surface area contributed by atoms with Gasteiger partial charge in [0.1, 0.15) is 5.82 Å². The molecule has 0 aliphatic carbocycles. The summed E-state index contributed by atoms with van der Waals surface area (Å²) >= 11 is 0. The van der Waals surface area contributed by atoms with E-state index in [0.29, 0.717) is 32.1 Å². The first-order valence-electron chi connectivity index (χ1n) is 7.85. The van der Waals surface area contributed by atoms with Gasteiger partial charge in [-0.15, -0.1) is 0 Å². The normalized spacial score (nSPS) is 13.0. The molecule has 0 saturated heterocycles. The van der Waals surface area contributed by atoms with Gasteiger partial charge >= 0.3 is 6.03 Å². The van der Waals surface area contributed by atoms with E-state index in [4.69, 9.17) is 9.47 Å². The number of halogens is 1. The quantitative estimate of drug-likeness (QED) is 0.906. The number of hydrogen-bond acceptors (Lipinski definition) is 3. The third-order valence-corrected chi connectivity index (χ3v) is 3.63. The third kappa shape index (κ3) is 4.38. The van der Waals surface area contributed by atoms with Gasteiger partial charge in [0.25, 0.3) is 0 Å². The number of fused-ring (bicyclic) bond motifs is 1. The van der Waals surface area contributed by atoms with Crippen LogP contribution in [0.3, 0.4) is 0 Å². The number of amides is 2. The Morgan fingerprint density at radius 1 is 0.917 bits per heavy atom. The fourth-order valence-corrected chi connectivity index (χ4v) is 2.35. The molecule has 1 aliphatic rings. The Kier molecular flexibility index (Phi) is 5.15. The lowest BCUT2D eigenvalue weighted by molar-refractivity contribution is 0.240. The lowest BCUT2D eigenvalue weighted by Gasteiger charge is -2.11. The molecule has 0 spiro atoms. The maximum Gasteiger partial charge on any atom is 0.315 e. The fraction of sp³-hybridized carbons (Fsp3) is 0.278. The summed E-state index contributed by atoms with van der Waals surface area (Å²) in [6.07, 6.45) is 0.855. The SMILES string of the molecule is O=C(NCc1ccc(F)cc1)NCc1ccc2c(c1)OCCCO2. The maximum absolute atomic E-state index is 12.8. The van der Waals surface area contributed by atoms with Crippen LogP contribution in [0.2, 0.25) is 0 Å². The molecule has 0 atom stereocenters. The van der Waals surface area contributed by atoms with E-state index in [1.54, 1.807) is 12.1 Å². The van der Waals surface area contributed by atoms with Gasteiger partial charge in [-0.2, -0.15) is 0 Å². The van der Waals surface area contributed by atoms with Gasteiger partial charge in [-0.05, 0) is 35.4 Å². The van der Waals surface area contributed by atoms with E-state index in [9.17, 15) is 9.18 Å². The minimum Gasteiger partial charge on any atom is -0.490 e. The van der Waals surface area contributed by atoms with E-state index in [1.807, 2.05) is 18.2 Å². The summed E-state index contributed by atoms with van der Waals surface area (Å²) in [5.74, 6) is 1.15. The molecule has 24 heavy (non-hydrogen) atoms. The second kappa shape index (κ2) is 7.68. The largest absolute Gasteiger partial charge is 0.490 e. The summed E-state index contributed by atoms with van der Waals surface area (Å²) in [6.45, 7) is 2.00. The molecule has 1 aliphatic heterocycles. The van der Waals surface area contributed by atoms with Crippen LogP contribution in [0.15, 0.2) is 42.5 Å². The first kappa shape index (κ1) is 16.1. The Bertz CT molecular complexity index is 704. The third-order valence-electron chi connectivity index (χ3n) is 3.63. The molecule has 0 fully saturated rings. The number of benzene rings is 2. The van der Waals surface area contributed by atoms with Crippen molar-refractivity contribution in [1.29, 1.82) is 0 Å². The van der Waals surface area contributed by atoms with Crippen molar-refractivity contribution in [3.63, 3.8) is 0 Å². The molecule has 6 heteroatoms. The molecule has 2 N–H and O–H groups in total. The molecule has 2 aromatic rings. The minimum absolute atomic E-state index is 0.286. The summed E-state index contributed by atoms with van der Waals surface area (Å²) < 4.78 is 24.0. The predicted octanol–water partition coefficient (Wildman–Crippen LogP) is 2.99. The summed E-state index contributed by atoms with van der Waals surface area (Å²) in [4.78, 5) is 11.8. The highest BCUT2D eigenvalue weighted by Gasteiger charge is 2.11. The topological polar surface area (TPSA) is 59.6 Å². The molecule has 1 heterocycles. The maximum atomic E-state index is 12.8. The Labute approximate surface area is 139 Å². The molecule has 3 rings (SSSR count). The average molecular weight is 330 g/mol. The molecule has 0 unspecified atom stereocenters. The highest BCUT2D eigenvalue weighted by atomic mass is 19.1. The van der Waals surface area contributed by atoms with Crippen molar-refractivity contribution in [3.8, 4) is 11.5 Å². The fourth-order valence-electron chi connectivity index (χ4n) is 2.35. The summed E-state index contributed by atoms with van der Waals surface area (Å²) in [5, 5.41) is 5.52. The van der Waals surface area contributed by atoms with E-state index < -0.39 is 0 Å². The van der Waals surface area contributed by atoms with Crippen molar-refractivity contribution in [2.45, 2.75) is 19.5 Å².